The van der Waals surface area contributed by atoms with Gasteiger partial charge in [0, 0.05) is 21.9 Å². The van der Waals surface area contributed by atoms with Gasteiger partial charge in [-0.1, -0.05) is 89.8 Å². The van der Waals surface area contributed by atoms with Gasteiger partial charge in [0.2, 0.25) is 5.89 Å². The minimum absolute atomic E-state index is 0.313. The number of benzene rings is 2. The topological polar surface area (TPSA) is 41.8 Å². The zero-order chi connectivity index (χ0) is 26.5. The van der Waals surface area contributed by atoms with E-state index in [9.17, 15) is 0 Å². The first-order chi connectivity index (χ1) is 17.5. The smallest absolute Gasteiger partial charge is 0.223 e. The van der Waals surface area contributed by atoms with E-state index >= 15 is 0 Å². The van der Waals surface area contributed by atoms with Gasteiger partial charge in [-0.15, -0.1) is 6.58 Å². The first kappa shape index (κ1) is 28.6. The highest BCUT2D eigenvalue weighted by atomic mass is 16.3. The number of hydrogen-bond donors (Lipinski definition) is 1. The molecule has 3 nitrogen and oxygen atoms in total. The fourth-order valence-corrected chi connectivity index (χ4v) is 3.77. The Hall–Kier alpha value is -3.59. The number of nitrogens with one attached hydrogen (secondary N) is 1. The predicted octanol–water partition coefficient (Wildman–Crippen LogP) is 10.7. The molecule has 0 saturated carbocycles. The van der Waals surface area contributed by atoms with Crippen molar-refractivity contribution in [2.75, 3.05) is 0 Å². The maximum absolute atomic E-state index is 6.14. The summed E-state index contributed by atoms with van der Waals surface area (Å²) in [6.45, 7) is 20.5. The molecule has 2 aromatic heterocycles. The number of rotatable bonds is 8. The van der Waals surface area contributed by atoms with E-state index in [2.05, 4.69) is 98.5 Å². The Morgan fingerprint density at radius 2 is 1.75 bits per heavy atom. The van der Waals surface area contributed by atoms with Gasteiger partial charge in [0.15, 0.2) is 5.58 Å². The van der Waals surface area contributed by atoms with Crippen LogP contribution in [0.5, 0.6) is 0 Å². The number of H-pyrrole nitrogens is 1. The molecule has 4 rings (SSSR count). The van der Waals surface area contributed by atoms with Crippen molar-refractivity contribution in [3.05, 3.63) is 97.5 Å². The molecule has 0 aliphatic heterocycles. The molecule has 4 aromatic rings. The molecular formula is C33H42N2O. The molecular weight excluding hydrogens is 440 g/mol. The number of hydrogen-bond acceptors (Lipinski definition) is 2. The average molecular weight is 483 g/mol. The highest BCUT2D eigenvalue weighted by Gasteiger charge is 2.15. The molecule has 1 unspecified atom stereocenters. The number of nitrogens with zero attached hydrogens (tertiary/aromatic N) is 1. The zero-order valence-corrected chi connectivity index (χ0v) is 22.9. The van der Waals surface area contributed by atoms with Gasteiger partial charge in [0.05, 0.1) is 5.52 Å². The molecule has 36 heavy (non-hydrogen) atoms. The van der Waals surface area contributed by atoms with Crippen LogP contribution in [0.2, 0.25) is 0 Å². The lowest BCUT2D eigenvalue weighted by Crippen LogP contribution is -1.87. The van der Waals surface area contributed by atoms with Crippen molar-refractivity contribution >= 4 is 38.5 Å². The molecule has 0 saturated heterocycles. The minimum atomic E-state index is 0.313. The molecule has 0 spiro atoms. The van der Waals surface area contributed by atoms with Crippen LogP contribution in [-0.2, 0) is 0 Å². The first-order valence-electron chi connectivity index (χ1n) is 13.1. The highest BCUT2D eigenvalue weighted by Crippen LogP contribution is 2.34. The van der Waals surface area contributed by atoms with Gasteiger partial charge in [-0.3, -0.25) is 0 Å². The van der Waals surface area contributed by atoms with E-state index in [4.69, 9.17) is 4.42 Å². The Morgan fingerprint density at radius 3 is 2.39 bits per heavy atom. The monoisotopic (exact) mass is 482 g/mol. The van der Waals surface area contributed by atoms with Crippen LogP contribution in [0.3, 0.4) is 0 Å². The van der Waals surface area contributed by atoms with Crippen molar-refractivity contribution < 1.29 is 4.42 Å². The number of aromatic nitrogens is 2. The van der Waals surface area contributed by atoms with Gasteiger partial charge < -0.3 is 9.40 Å². The lowest BCUT2D eigenvalue weighted by molar-refractivity contribution is 0.585. The van der Waals surface area contributed by atoms with Crippen molar-refractivity contribution in [1.82, 2.24) is 9.97 Å². The van der Waals surface area contributed by atoms with Crippen molar-refractivity contribution in [2.24, 2.45) is 0 Å². The molecule has 0 aliphatic carbocycles. The summed E-state index contributed by atoms with van der Waals surface area (Å²) in [4.78, 5) is 8.17. The van der Waals surface area contributed by atoms with Crippen LogP contribution >= 0.6 is 0 Å². The van der Waals surface area contributed by atoms with Gasteiger partial charge in [-0.2, -0.15) is 0 Å². The minimum Gasteiger partial charge on any atom is -0.434 e. The molecule has 190 valence electrons. The normalized spacial score (nSPS) is 12.3. The van der Waals surface area contributed by atoms with Crippen LogP contribution < -0.4 is 0 Å². The van der Waals surface area contributed by atoms with E-state index in [0.717, 1.165) is 45.9 Å². The number of oxazole rings is 1. The van der Waals surface area contributed by atoms with Gasteiger partial charge in [-0.25, -0.2) is 4.98 Å². The summed E-state index contributed by atoms with van der Waals surface area (Å²) in [5.74, 6) is 0.907. The fourth-order valence-electron chi connectivity index (χ4n) is 3.77. The van der Waals surface area contributed by atoms with Crippen molar-refractivity contribution in [2.45, 2.75) is 66.7 Å². The van der Waals surface area contributed by atoms with Crippen LogP contribution in [0.1, 0.15) is 78.2 Å². The van der Waals surface area contributed by atoms with Crippen LogP contribution in [0.25, 0.3) is 38.5 Å². The van der Waals surface area contributed by atoms with Crippen LogP contribution in [0.15, 0.2) is 90.4 Å². The zero-order valence-electron chi connectivity index (χ0n) is 22.9. The number of allylic oxidation sites excluding steroid dienone is 8. The lowest BCUT2D eigenvalue weighted by Gasteiger charge is -2.05. The number of fused-ring (bicyclic) bond motifs is 5. The van der Waals surface area contributed by atoms with Crippen LogP contribution in [-0.4, -0.2) is 9.97 Å². The highest BCUT2D eigenvalue weighted by molar-refractivity contribution is 6.15. The van der Waals surface area contributed by atoms with Crippen molar-refractivity contribution in [3.8, 4) is 0 Å². The Balaban J connectivity index is 0.000000583. The number of aromatic amines is 1. The third-order valence-corrected chi connectivity index (χ3v) is 5.79. The van der Waals surface area contributed by atoms with E-state index in [1.807, 2.05) is 39.0 Å². The van der Waals surface area contributed by atoms with Crippen LogP contribution in [0, 0.1) is 0 Å². The Labute approximate surface area is 217 Å². The largest absolute Gasteiger partial charge is 0.434 e. The summed E-state index contributed by atoms with van der Waals surface area (Å²) >= 11 is 0. The Kier molecular flexibility index (Phi) is 11.7. The van der Waals surface area contributed by atoms with Gasteiger partial charge >= 0.3 is 0 Å². The summed E-state index contributed by atoms with van der Waals surface area (Å²) in [7, 11) is 0. The molecule has 0 fully saturated rings. The summed E-state index contributed by atoms with van der Waals surface area (Å²) < 4.78 is 6.14. The summed E-state index contributed by atoms with van der Waals surface area (Å²) in [6, 6.07) is 10.6. The van der Waals surface area contributed by atoms with E-state index in [-0.39, 0.29) is 0 Å². The van der Waals surface area contributed by atoms with Gasteiger partial charge in [-0.05, 0) is 61.9 Å². The van der Waals surface area contributed by atoms with E-state index in [1.165, 1.54) is 10.9 Å². The van der Waals surface area contributed by atoms with Crippen LogP contribution in [0.4, 0.5) is 0 Å². The van der Waals surface area contributed by atoms with Crippen molar-refractivity contribution in [1.29, 1.82) is 0 Å². The van der Waals surface area contributed by atoms with Gasteiger partial charge in [0.25, 0.3) is 0 Å². The molecule has 0 amide bonds. The van der Waals surface area contributed by atoms with E-state index in [0.29, 0.717) is 18.2 Å². The molecule has 0 radical (unpaired) electrons. The van der Waals surface area contributed by atoms with Crippen molar-refractivity contribution in [3.63, 3.8) is 0 Å². The van der Waals surface area contributed by atoms with Gasteiger partial charge in [0.1, 0.15) is 5.52 Å². The Morgan fingerprint density at radius 1 is 1.03 bits per heavy atom. The van der Waals surface area contributed by atoms with E-state index in [1.54, 1.807) is 0 Å². The maximum atomic E-state index is 6.14. The Bertz CT molecular complexity index is 1360. The second kappa shape index (κ2) is 14.7. The maximum Gasteiger partial charge on any atom is 0.223 e. The quantitative estimate of drug-likeness (QED) is 0.200. The molecule has 2 aromatic carbocycles. The summed E-state index contributed by atoms with van der Waals surface area (Å²) in [6.07, 6.45) is 17.3. The molecule has 3 heteroatoms. The average Bonchev–Trinajstić information content (AvgIpc) is 3.51. The van der Waals surface area contributed by atoms with E-state index < -0.39 is 0 Å². The third-order valence-electron chi connectivity index (χ3n) is 5.79. The predicted molar refractivity (Wildman–Crippen MR) is 161 cm³/mol. The fraction of sp³-hybridized carbons (Fsp3) is 0.303. The standard InChI is InChI=1S/C26H26N2O.C5H10.C2H6/c1-5-7-8-9-10-11-18(4)26-28-23-15-13-20-21-16-19(17(3)6-2)12-14-22(21)27-24(20)25(23)29-26;1-3-5-4-2;1-2/h6-10,12-17,27H,2,4-5,11H2,1,3H3;3,5H,4H2,1-2H3;1-2H3/b8-7-,10-9?;5-3-;. The molecule has 1 N–H and O–H groups in total. The summed E-state index contributed by atoms with van der Waals surface area (Å²) in [5, 5.41) is 2.33. The molecule has 2 heterocycles. The third kappa shape index (κ3) is 6.97. The SMILES string of the molecule is C/C=C\CC.C=CC(C)c1ccc2[nH]c3c(ccc4nc(C(=C)CC=C/C=C\CC)oc43)c2c1.CC. The molecule has 1 atom stereocenters. The molecule has 0 bridgehead atoms. The first-order valence-corrected chi connectivity index (χ1v) is 13.1. The molecule has 0 aliphatic rings. The summed E-state index contributed by atoms with van der Waals surface area (Å²) in [5.41, 5.74) is 5.82. The second-order valence-corrected chi connectivity index (χ2v) is 8.36. The lowest BCUT2D eigenvalue weighted by atomic mass is 9.99. The second-order valence-electron chi connectivity index (χ2n) is 8.36.